The summed E-state index contributed by atoms with van der Waals surface area (Å²) < 4.78 is 4.74. The van der Waals surface area contributed by atoms with E-state index in [-0.39, 0.29) is 6.61 Å². The molecule has 0 radical (unpaired) electrons. The highest BCUT2D eigenvalue weighted by molar-refractivity contribution is 9.10. The molecule has 5 heteroatoms. The number of benzene rings is 1. The zero-order valence-electron chi connectivity index (χ0n) is 8.57. The molecule has 0 N–H and O–H groups in total. The minimum Gasteiger partial charge on any atom is -0.465 e. The second-order valence-corrected chi connectivity index (χ2v) is 4.28. The van der Waals surface area contributed by atoms with Crippen molar-refractivity contribution in [2.45, 2.75) is 11.8 Å². The topological polar surface area (TPSA) is 43.4 Å². The van der Waals surface area contributed by atoms with E-state index in [9.17, 15) is 9.59 Å². The molecule has 16 heavy (non-hydrogen) atoms. The average molecular weight is 306 g/mol. The van der Waals surface area contributed by atoms with E-state index < -0.39 is 16.6 Å². The Hall–Kier alpha value is -0.870. The first-order valence-electron chi connectivity index (χ1n) is 4.67. The van der Waals surface area contributed by atoms with Crippen molar-refractivity contribution in [2.24, 2.45) is 0 Å². The molecule has 86 valence electrons. The molecule has 0 saturated carbocycles. The highest BCUT2D eigenvalue weighted by atomic mass is 79.9. The first-order chi connectivity index (χ1) is 7.57. The molecule has 0 spiro atoms. The van der Waals surface area contributed by atoms with Crippen molar-refractivity contribution in [1.29, 1.82) is 0 Å². The summed E-state index contributed by atoms with van der Waals surface area (Å²) in [5.41, 5.74) is 0.305. The molecule has 1 rings (SSSR count). The van der Waals surface area contributed by atoms with Crippen molar-refractivity contribution in [3.05, 3.63) is 34.9 Å². The van der Waals surface area contributed by atoms with Gasteiger partial charge in [0, 0.05) is 5.56 Å². The van der Waals surface area contributed by atoms with Crippen LogP contribution in [0.4, 0.5) is 0 Å². The van der Waals surface area contributed by atoms with Crippen LogP contribution in [0.1, 0.15) is 17.3 Å². The zero-order chi connectivity index (χ0) is 12.1. The zero-order valence-corrected chi connectivity index (χ0v) is 10.9. The van der Waals surface area contributed by atoms with Crippen LogP contribution in [0.2, 0.25) is 5.02 Å². The highest BCUT2D eigenvalue weighted by Crippen LogP contribution is 2.20. The molecule has 0 fully saturated rings. The fourth-order valence-electron chi connectivity index (χ4n) is 1.12. The van der Waals surface area contributed by atoms with E-state index in [1.165, 1.54) is 0 Å². The van der Waals surface area contributed by atoms with Gasteiger partial charge in [0.2, 0.25) is 0 Å². The minimum absolute atomic E-state index is 0.233. The largest absolute Gasteiger partial charge is 0.465 e. The van der Waals surface area contributed by atoms with Gasteiger partial charge >= 0.3 is 5.97 Å². The van der Waals surface area contributed by atoms with Crippen LogP contribution < -0.4 is 0 Å². The Morgan fingerprint density at radius 3 is 2.62 bits per heavy atom. The van der Waals surface area contributed by atoms with Crippen molar-refractivity contribution < 1.29 is 14.3 Å². The van der Waals surface area contributed by atoms with E-state index in [1.807, 2.05) is 0 Å². The van der Waals surface area contributed by atoms with Crippen molar-refractivity contribution in [3.8, 4) is 0 Å². The fraction of sp³-hybridized carbons (Fsp3) is 0.273. The Labute approximate surface area is 107 Å². The number of halogens is 2. The first-order valence-corrected chi connectivity index (χ1v) is 5.96. The summed E-state index contributed by atoms with van der Waals surface area (Å²) in [5, 5.41) is 0.321. The van der Waals surface area contributed by atoms with Crippen LogP contribution in [-0.2, 0) is 9.53 Å². The van der Waals surface area contributed by atoms with Gasteiger partial charge < -0.3 is 4.74 Å². The molecule has 0 aliphatic rings. The first kappa shape index (κ1) is 13.2. The second-order valence-electron chi connectivity index (χ2n) is 2.96. The monoisotopic (exact) mass is 304 g/mol. The van der Waals surface area contributed by atoms with Gasteiger partial charge in [-0.2, -0.15) is 0 Å². The van der Waals surface area contributed by atoms with Crippen LogP contribution >= 0.6 is 27.5 Å². The van der Waals surface area contributed by atoms with Gasteiger partial charge in [-0.3, -0.25) is 9.59 Å². The number of carbonyl (C=O) groups is 2. The number of ketones is 1. The van der Waals surface area contributed by atoms with Crippen LogP contribution in [0.5, 0.6) is 0 Å². The summed E-state index contributed by atoms with van der Waals surface area (Å²) in [6.45, 7) is 1.91. The summed E-state index contributed by atoms with van der Waals surface area (Å²) in [7, 11) is 0. The molecule has 1 aromatic rings. The maximum absolute atomic E-state index is 11.8. The molecule has 0 saturated heterocycles. The Kier molecular flexibility index (Phi) is 4.96. The van der Waals surface area contributed by atoms with Crippen molar-refractivity contribution in [2.75, 3.05) is 6.61 Å². The normalized spacial score (nSPS) is 11.9. The van der Waals surface area contributed by atoms with E-state index in [4.69, 9.17) is 16.3 Å². The molecule has 0 unspecified atom stereocenters. The summed E-state index contributed by atoms with van der Waals surface area (Å²) in [5.74, 6) is -1.00. The van der Waals surface area contributed by atoms with Gasteiger partial charge in [0.25, 0.3) is 0 Å². The van der Waals surface area contributed by atoms with Gasteiger partial charge in [-0.05, 0) is 19.1 Å². The van der Waals surface area contributed by atoms with Gasteiger partial charge in [0.15, 0.2) is 10.6 Å². The lowest BCUT2D eigenvalue weighted by atomic mass is 10.1. The number of esters is 1. The molecule has 0 aromatic heterocycles. The standard InChI is InChI=1S/C11H10BrClO3/c1-2-16-11(15)9(12)10(14)7-5-3-4-6-8(7)13/h3-6,9H,2H2,1H3/t9-/m0/s1. The lowest BCUT2D eigenvalue weighted by Gasteiger charge is -2.08. The molecule has 3 nitrogen and oxygen atoms in total. The van der Waals surface area contributed by atoms with Crippen LogP contribution in [0.15, 0.2) is 24.3 Å². The molecule has 0 aliphatic carbocycles. The molecule has 0 bridgehead atoms. The summed E-state index contributed by atoms with van der Waals surface area (Å²) >= 11 is 8.85. The van der Waals surface area contributed by atoms with E-state index in [0.717, 1.165) is 0 Å². The third-order valence-corrected chi connectivity index (χ3v) is 2.98. The predicted octanol–water partition coefficient (Wildman–Crippen LogP) is 2.85. The van der Waals surface area contributed by atoms with Crippen LogP contribution in [0, 0.1) is 0 Å². The quantitative estimate of drug-likeness (QED) is 0.372. The van der Waals surface area contributed by atoms with E-state index in [0.29, 0.717) is 10.6 Å². The number of carbonyl (C=O) groups excluding carboxylic acids is 2. The van der Waals surface area contributed by atoms with Crippen LogP contribution in [-0.4, -0.2) is 23.2 Å². The number of alkyl halides is 1. The molecule has 0 heterocycles. The second kappa shape index (κ2) is 6.01. The van der Waals surface area contributed by atoms with Gasteiger partial charge in [0.1, 0.15) is 0 Å². The van der Waals surface area contributed by atoms with Gasteiger partial charge in [-0.1, -0.05) is 39.7 Å². The van der Waals surface area contributed by atoms with Crippen molar-refractivity contribution in [1.82, 2.24) is 0 Å². The Balaban J connectivity index is 2.86. The third kappa shape index (κ3) is 3.06. The fourth-order valence-corrected chi connectivity index (χ4v) is 1.73. The molecule has 1 atom stereocenters. The van der Waals surface area contributed by atoms with Gasteiger partial charge in [-0.25, -0.2) is 0 Å². The molecule has 0 amide bonds. The Morgan fingerprint density at radius 1 is 1.44 bits per heavy atom. The third-order valence-electron chi connectivity index (χ3n) is 1.86. The van der Waals surface area contributed by atoms with Gasteiger partial charge in [-0.15, -0.1) is 0 Å². The number of hydrogen-bond donors (Lipinski definition) is 0. The maximum atomic E-state index is 11.8. The molecule has 1 aromatic carbocycles. The van der Waals surface area contributed by atoms with Crippen molar-refractivity contribution >= 4 is 39.3 Å². The summed E-state index contributed by atoms with van der Waals surface area (Å²) in [4.78, 5) is 22.2. The number of Topliss-reactive ketones (excluding diaryl/α,β-unsaturated/α-hetero) is 1. The van der Waals surface area contributed by atoms with Gasteiger partial charge in [0.05, 0.1) is 11.6 Å². The molecular weight excluding hydrogens is 295 g/mol. The molecular formula is C11H10BrClO3. The average Bonchev–Trinajstić information content (AvgIpc) is 2.28. The van der Waals surface area contributed by atoms with Crippen LogP contribution in [0.3, 0.4) is 0 Å². The van der Waals surface area contributed by atoms with E-state index in [2.05, 4.69) is 15.9 Å². The lowest BCUT2D eigenvalue weighted by molar-refractivity contribution is -0.141. The highest BCUT2D eigenvalue weighted by Gasteiger charge is 2.27. The number of ether oxygens (including phenoxy) is 1. The Morgan fingerprint density at radius 2 is 2.06 bits per heavy atom. The van der Waals surface area contributed by atoms with E-state index >= 15 is 0 Å². The minimum atomic E-state index is -1.01. The summed E-state index contributed by atoms with van der Waals surface area (Å²) in [6.07, 6.45) is 0. The Bertz CT molecular complexity index is 406. The lowest BCUT2D eigenvalue weighted by Crippen LogP contribution is -2.26. The predicted molar refractivity (Wildman–Crippen MR) is 65.1 cm³/mol. The number of hydrogen-bond acceptors (Lipinski definition) is 3. The molecule has 0 aliphatic heterocycles. The van der Waals surface area contributed by atoms with E-state index in [1.54, 1.807) is 31.2 Å². The number of rotatable bonds is 4. The summed E-state index contributed by atoms with van der Waals surface area (Å²) in [6, 6.07) is 6.56. The van der Waals surface area contributed by atoms with Crippen LogP contribution in [0.25, 0.3) is 0 Å². The smallest absolute Gasteiger partial charge is 0.327 e. The maximum Gasteiger partial charge on any atom is 0.327 e. The SMILES string of the molecule is CCOC(=O)[C@@H](Br)C(=O)c1ccccc1Cl. The van der Waals surface area contributed by atoms with Crippen molar-refractivity contribution in [3.63, 3.8) is 0 Å².